The Kier molecular flexibility index (Phi) is 1.79. The Balaban J connectivity index is 2.83. The van der Waals surface area contributed by atoms with E-state index in [0.717, 1.165) is 6.07 Å². The van der Waals surface area contributed by atoms with E-state index in [1.165, 1.54) is 12.3 Å². The van der Waals surface area contributed by atoms with E-state index in [9.17, 15) is 12.8 Å². The number of aromatic amines is 1. The molecule has 5 nitrogen and oxygen atoms in total. The molecule has 2 aromatic rings. The molecule has 2 rings (SSSR count). The average Bonchev–Trinajstić information content (AvgIpc) is 2.45. The van der Waals surface area contributed by atoms with Crippen LogP contribution in [0.3, 0.4) is 0 Å². The van der Waals surface area contributed by atoms with Crippen LogP contribution in [-0.2, 0) is 10.0 Å². The van der Waals surface area contributed by atoms with Crippen molar-refractivity contribution in [1.82, 2.24) is 9.97 Å². The standard InChI is InChI=1S/C7H6FN3O2S/c8-6-2-1-4-5(14(9,12)13)3-10-7(4)11-6/h1-3H,(H,10,11)(H2,9,12,13). The van der Waals surface area contributed by atoms with Crippen LogP contribution in [0.5, 0.6) is 0 Å². The van der Waals surface area contributed by atoms with E-state index in [-0.39, 0.29) is 15.9 Å². The predicted molar refractivity (Wildman–Crippen MR) is 47.4 cm³/mol. The summed E-state index contributed by atoms with van der Waals surface area (Å²) in [6.07, 6.45) is 1.19. The maximum absolute atomic E-state index is 12.6. The molecule has 7 heteroatoms. The molecule has 2 heterocycles. The van der Waals surface area contributed by atoms with Crippen molar-refractivity contribution in [2.24, 2.45) is 5.14 Å². The third kappa shape index (κ3) is 1.36. The number of sulfonamides is 1. The lowest BCUT2D eigenvalue weighted by molar-refractivity contribution is 0.588. The first-order chi connectivity index (χ1) is 6.48. The van der Waals surface area contributed by atoms with E-state index in [1.54, 1.807) is 0 Å². The zero-order chi connectivity index (χ0) is 10.3. The molecular formula is C7H6FN3O2S. The van der Waals surface area contributed by atoms with E-state index in [0.29, 0.717) is 0 Å². The summed E-state index contributed by atoms with van der Waals surface area (Å²) in [6, 6.07) is 2.39. The molecule has 0 saturated carbocycles. The first kappa shape index (κ1) is 9.10. The van der Waals surface area contributed by atoms with Gasteiger partial charge in [-0.15, -0.1) is 0 Å². The van der Waals surface area contributed by atoms with Crippen LogP contribution in [-0.4, -0.2) is 18.4 Å². The van der Waals surface area contributed by atoms with Gasteiger partial charge in [0, 0.05) is 11.6 Å². The maximum Gasteiger partial charge on any atom is 0.240 e. The Morgan fingerprint density at radius 1 is 1.43 bits per heavy atom. The van der Waals surface area contributed by atoms with Gasteiger partial charge >= 0.3 is 0 Å². The molecule has 0 amide bonds. The van der Waals surface area contributed by atoms with E-state index in [4.69, 9.17) is 5.14 Å². The van der Waals surface area contributed by atoms with Crippen LogP contribution < -0.4 is 5.14 Å². The number of H-pyrrole nitrogens is 1. The largest absolute Gasteiger partial charge is 0.345 e. The third-order valence-electron chi connectivity index (χ3n) is 1.77. The normalized spacial score (nSPS) is 12.1. The van der Waals surface area contributed by atoms with E-state index >= 15 is 0 Å². The maximum atomic E-state index is 12.6. The molecule has 0 saturated heterocycles. The van der Waals surface area contributed by atoms with Gasteiger partial charge in [-0.1, -0.05) is 0 Å². The molecule has 3 N–H and O–H groups in total. The molecule has 0 atom stereocenters. The van der Waals surface area contributed by atoms with Crippen LogP contribution in [0.2, 0.25) is 0 Å². The Hall–Kier alpha value is -1.47. The minimum Gasteiger partial charge on any atom is -0.345 e. The highest BCUT2D eigenvalue weighted by atomic mass is 32.2. The van der Waals surface area contributed by atoms with Crippen LogP contribution >= 0.6 is 0 Å². The number of hydrogen-bond donors (Lipinski definition) is 2. The van der Waals surface area contributed by atoms with E-state index in [2.05, 4.69) is 9.97 Å². The smallest absolute Gasteiger partial charge is 0.240 e. The van der Waals surface area contributed by atoms with Gasteiger partial charge in [0.15, 0.2) is 0 Å². The number of nitrogens with two attached hydrogens (primary N) is 1. The number of aromatic nitrogens is 2. The van der Waals surface area contributed by atoms with E-state index in [1.807, 2.05) is 0 Å². The number of halogens is 1. The zero-order valence-corrected chi connectivity index (χ0v) is 7.68. The Morgan fingerprint density at radius 2 is 2.14 bits per heavy atom. The van der Waals surface area contributed by atoms with Crippen molar-refractivity contribution in [2.75, 3.05) is 0 Å². The number of pyridine rings is 1. The van der Waals surface area contributed by atoms with Crippen LogP contribution in [0, 0.1) is 5.95 Å². The molecule has 0 aliphatic carbocycles. The molecule has 0 fully saturated rings. The predicted octanol–water partition coefficient (Wildman–Crippen LogP) is 0.349. The molecule has 0 unspecified atom stereocenters. The van der Waals surface area contributed by atoms with Crippen molar-refractivity contribution < 1.29 is 12.8 Å². The van der Waals surface area contributed by atoms with Crippen molar-refractivity contribution in [2.45, 2.75) is 4.90 Å². The van der Waals surface area contributed by atoms with Crippen LogP contribution in [0.25, 0.3) is 11.0 Å². The van der Waals surface area contributed by atoms with Crippen molar-refractivity contribution in [1.29, 1.82) is 0 Å². The molecule has 0 bridgehead atoms. The molecule has 14 heavy (non-hydrogen) atoms. The van der Waals surface area contributed by atoms with Gasteiger partial charge in [-0.3, -0.25) is 0 Å². The quantitative estimate of drug-likeness (QED) is 0.672. The number of rotatable bonds is 1. The van der Waals surface area contributed by atoms with Gasteiger partial charge in [-0.05, 0) is 12.1 Å². The molecule has 0 spiro atoms. The molecule has 2 aromatic heterocycles. The number of fused-ring (bicyclic) bond motifs is 1. The summed E-state index contributed by atoms with van der Waals surface area (Å²) < 4.78 is 34.7. The first-order valence-corrected chi connectivity index (χ1v) is 5.19. The van der Waals surface area contributed by atoms with Gasteiger partial charge in [-0.25, -0.2) is 18.5 Å². The zero-order valence-electron chi connectivity index (χ0n) is 6.86. The molecule has 0 radical (unpaired) electrons. The summed E-state index contributed by atoms with van der Waals surface area (Å²) in [6.45, 7) is 0. The van der Waals surface area contributed by atoms with Crippen molar-refractivity contribution >= 4 is 21.1 Å². The van der Waals surface area contributed by atoms with Gasteiger partial charge in [-0.2, -0.15) is 4.39 Å². The Labute approximate surface area is 78.8 Å². The fourth-order valence-corrected chi connectivity index (χ4v) is 1.89. The minimum atomic E-state index is -3.79. The average molecular weight is 215 g/mol. The fourth-order valence-electron chi connectivity index (χ4n) is 1.19. The van der Waals surface area contributed by atoms with Crippen LogP contribution in [0.15, 0.2) is 23.2 Å². The first-order valence-electron chi connectivity index (χ1n) is 3.65. The van der Waals surface area contributed by atoms with Gasteiger partial charge in [0.1, 0.15) is 10.5 Å². The lowest BCUT2D eigenvalue weighted by atomic mass is 10.3. The molecule has 0 aliphatic heterocycles. The lowest BCUT2D eigenvalue weighted by Crippen LogP contribution is -2.11. The summed E-state index contributed by atoms with van der Waals surface area (Å²) >= 11 is 0. The second-order valence-electron chi connectivity index (χ2n) is 2.73. The minimum absolute atomic E-state index is 0.0833. The summed E-state index contributed by atoms with van der Waals surface area (Å²) in [5.74, 6) is -0.680. The van der Waals surface area contributed by atoms with Gasteiger partial charge in [0.05, 0.1) is 0 Å². The number of nitrogens with zero attached hydrogens (tertiary/aromatic N) is 1. The summed E-state index contributed by atoms with van der Waals surface area (Å²) in [7, 11) is -3.79. The summed E-state index contributed by atoms with van der Waals surface area (Å²) in [5.41, 5.74) is 0.161. The molecule has 74 valence electrons. The molecule has 0 aromatic carbocycles. The highest BCUT2D eigenvalue weighted by molar-refractivity contribution is 7.89. The second-order valence-corrected chi connectivity index (χ2v) is 4.26. The fraction of sp³-hybridized carbons (Fsp3) is 0. The van der Waals surface area contributed by atoms with Gasteiger partial charge in [0.25, 0.3) is 0 Å². The summed E-state index contributed by atoms with van der Waals surface area (Å²) in [5, 5.41) is 5.22. The molecular weight excluding hydrogens is 209 g/mol. The monoisotopic (exact) mass is 215 g/mol. The highest BCUT2D eigenvalue weighted by Gasteiger charge is 2.14. The van der Waals surface area contributed by atoms with E-state index < -0.39 is 16.0 Å². The Morgan fingerprint density at radius 3 is 2.79 bits per heavy atom. The second kappa shape index (κ2) is 2.76. The summed E-state index contributed by atoms with van der Waals surface area (Å²) in [4.78, 5) is 5.91. The lowest BCUT2D eigenvalue weighted by Gasteiger charge is -1.93. The third-order valence-corrected chi connectivity index (χ3v) is 2.72. The SMILES string of the molecule is NS(=O)(=O)c1c[nH]c2nc(F)ccc12. The van der Waals surface area contributed by atoms with Crippen molar-refractivity contribution in [3.63, 3.8) is 0 Å². The number of primary sulfonamides is 1. The van der Waals surface area contributed by atoms with Crippen molar-refractivity contribution in [3.8, 4) is 0 Å². The Bertz CT molecular complexity index is 590. The number of hydrogen-bond acceptors (Lipinski definition) is 3. The molecule has 0 aliphatic rings. The highest BCUT2D eigenvalue weighted by Crippen LogP contribution is 2.19. The van der Waals surface area contributed by atoms with Crippen LogP contribution in [0.4, 0.5) is 4.39 Å². The number of nitrogens with one attached hydrogen (secondary N) is 1. The van der Waals surface area contributed by atoms with Crippen molar-refractivity contribution in [3.05, 3.63) is 24.3 Å². The van der Waals surface area contributed by atoms with Gasteiger partial charge < -0.3 is 4.98 Å². The van der Waals surface area contributed by atoms with Crippen LogP contribution in [0.1, 0.15) is 0 Å². The topological polar surface area (TPSA) is 88.8 Å². The van der Waals surface area contributed by atoms with Gasteiger partial charge in [0.2, 0.25) is 16.0 Å².